The van der Waals surface area contributed by atoms with Gasteiger partial charge in [0.1, 0.15) is 5.69 Å². The van der Waals surface area contributed by atoms with Crippen LogP contribution in [0.25, 0.3) is 0 Å². The van der Waals surface area contributed by atoms with E-state index in [1.54, 1.807) is 31.2 Å². The number of carbonyl (C=O) groups excluding carboxylic acids is 3. The smallest absolute Gasteiger partial charge is 0.286 e. The van der Waals surface area contributed by atoms with Crippen molar-refractivity contribution < 1.29 is 14.4 Å². The number of hydrogen-bond donors (Lipinski definition) is 3. The minimum absolute atomic E-state index is 0.0878. The summed E-state index contributed by atoms with van der Waals surface area (Å²) in [6, 6.07) is 6.76. The van der Waals surface area contributed by atoms with Crippen LogP contribution in [0, 0.1) is 6.92 Å². The van der Waals surface area contributed by atoms with E-state index in [0.29, 0.717) is 34.5 Å². The van der Waals surface area contributed by atoms with Crippen molar-refractivity contribution in [2.45, 2.75) is 33.6 Å². The summed E-state index contributed by atoms with van der Waals surface area (Å²) in [5, 5.41) is 0. The molecule has 0 spiro atoms. The molecule has 25 heavy (non-hydrogen) atoms. The molecule has 2 aromatic rings. The van der Waals surface area contributed by atoms with Gasteiger partial charge in [0.25, 0.3) is 11.8 Å². The molecular formula is C18H20BrN3O3. The topological polar surface area (TPSA) is 91.1 Å². The zero-order chi connectivity index (χ0) is 18.6. The van der Waals surface area contributed by atoms with Crippen LogP contribution in [0.2, 0.25) is 0 Å². The van der Waals surface area contributed by atoms with Crippen LogP contribution in [-0.4, -0.2) is 22.6 Å². The first-order valence-electron chi connectivity index (χ1n) is 7.93. The van der Waals surface area contributed by atoms with Crippen LogP contribution < -0.4 is 10.9 Å². The molecule has 0 bridgehead atoms. The summed E-state index contributed by atoms with van der Waals surface area (Å²) in [7, 11) is 0. The van der Waals surface area contributed by atoms with E-state index in [4.69, 9.17) is 0 Å². The number of amides is 2. The van der Waals surface area contributed by atoms with E-state index in [1.807, 2.05) is 6.92 Å². The van der Waals surface area contributed by atoms with Crippen molar-refractivity contribution in [3.05, 3.63) is 56.8 Å². The first-order valence-corrected chi connectivity index (χ1v) is 8.73. The van der Waals surface area contributed by atoms with E-state index >= 15 is 0 Å². The number of nitrogens with one attached hydrogen (secondary N) is 3. The van der Waals surface area contributed by atoms with Gasteiger partial charge < -0.3 is 4.98 Å². The van der Waals surface area contributed by atoms with Crippen LogP contribution in [0.15, 0.2) is 28.7 Å². The van der Waals surface area contributed by atoms with Crippen LogP contribution in [-0.2, 0) is 6.42 Å². The Morgan fingerprint density at radius 1 is 1.08 bits per heavy atom. The lowest BCUT2D eigenvalue weighted by Crippen LogP contribution is -2.42. The summed E-state index contributed by atoms with van der Waals surface area (Å²) in [5.41, 5.74) is 7.39. The molecule has 0 atom stereocenters. The monoisotopic (exact) mass is 405 g/mol. The predicted molar refractivity (Wildman–Crippen MR) is 98.6 cm³/mol. The van der Waals surface area contributed by atoms with Gasteiger partial charge in [-0.25, -0.2) is 0 Å². The number of ketones is 1. The fourth-order valence-electron chi connectivity index (χ4n) is 2.70. The molecule has 0 radical (unpaired) electrons. The number of aromatic amines is 1. The number of H-pyrrole nitrogens is 1. The second kappa shape index (κ2) is 8.11. The Morgan fingerprint density at radius 2 is 1.68 bits per heavy atom. The fourth-order valence-corrected chi connectivity index (χ4v) is 2.96. The minimum atomic E-state index is -0.482. The number of aryl methyl sites for hydroxylation is 1. The minimum Gasteiger partial charge on any atom is -0.354 e. The van der Waals surface area contributed by atoms with Gasteiger partial charge in [0.05, 0.1) is 0 Å². The molecule has 6 nitrogen and oxygen atoms in total. The number of aromatic nitrogens is 1. The average Bonchev–Trinajstić information content (AvgIpc) is 2.90. The van der Waals surface area contributed by atoms with Crippen LogP contribution in [0.5, 0.6) is 0 Å². The van der Waals surface area contributed by atoms with Crippen molar-refractivity contribution in [1.29, 1.82) is 0 Å². The maximum absolute atomic E-state index is 12.4. The number of halogens is 1. The number of hydrazine groups is 1. The molecular weight excluding hydrogens is 386 g/mol. The van der Waals surface area contributed by atoms with Crippen molar-refractivity contribution in [3.8, 4) is 0 Å². The summed E-state index contributed by atoms with van der Waals surface area (Å²) in [5.74, 6) is -0.993. The third-order valence-corrected chi connectivity index (χ3v) is 4.29. The third kappa shape index (κ3) is 4.36. The van der Waals surface area contributed by atoms with Gasteiger partial charge in [-0.05, 0) is 50.1 Å². The Hall–Kier alpha value is -2.41. The Morgan fingerprint density at radius 3 is 2.24 bits per heavy atom. The van der Waals surface area contributed by atoms with Crippen molar-refractivity contribution in [2.75, 3.05) is 0 Å². The average molecular weight is 406 g/mol. The van der Waals surface area contributed by atoms with Crippen molar-refractivity contribution in [2.24, 2.45) is 0 Å². The quantitative estimate of drug-likeness (QED) is 0.526. The highest BCUT2D eigenvalue weighted by atomic mass is 79.9. The van der Waals surface area contributed by atoms with Crippen LogP contribution in [0.3, 0.4) is 0 Å². The normalized spacial score (nSPS) is 10.4. The van der Waals surface area contributed by atoms with Gasteiger partial charge in [-0.2, -0.15) is 0 Å². The number of carbonyl (C=O) groups is 3. The summed E-state index contributed by atoms with van der Waals surface area (Å²) in [6.45, 7) is 5.21. The summed E-state index contributed by atoms with van der Waals surface area (Å²) < 4.78 is 0.857. The molecule has 0 aliphatic heterocycles. The van der Waals surface area contributed by atoms with Gasteiger partial charge >= 0.3 is 0 Å². The SMILES string of the molecule is CCCc1c(C(=O)NNC(=O)c2ccc(Br)cc2)[nH]c(C)c1C(C)=O. The lowest BCUT2D eigenvalue weighted by Gasteiger charge is -2.08. The molecule has 7 heteroatoms. The van der Waals surface area contributed by atoms with Gasteiger partial charge in [-0.15, -0.1) is 0 Å². The molecule has 0 fully saturated rings. The highest BCUT2D eigenvalue weighted by Crippen LogP contribution is 2.21. The van der Waals surface area contributed by atoms with Crippen molar-refractivity contribution >= 4 is 33.5 Å². The zero-order valence-corrected chi connectivity index (χ0v) is 15.9. The Labute approximate surface area is 154 Å². The molecule has 0 unspecified atom stereocenters. The first kappa shape index (κ1) is 18.9. The number of hydrogen-bond acceptors (Lipinski definition) is 3. The second-order valence-electron chi connectivity index (χ2n) is 5.70. The van der Waals surface area contributed by atoms with Crippen LogP contribution >= 0.6 is 15.9 Å². The number of Topliss-reactive ketones (excluding diaryl/α,β-unsaturated/α-hetero) is 1. The molecule has 0 saturated carbocycles. The number of rotatable bonds is 5. The molecule has 132 valence electrons. The van der Waals surface area contributed by atoms with Crippen molar-refractivity contribution in [3.63, 3.8) is 0 Å². The summed E-state index contributed by atoms with van der Waals surface area (Å²) in [6.07, 6.45) is 1.39. The van der Waals surface area contributed by atoms with E-state index in [0.717, 1.165) is 10.9 Å². The molecule has 1 aromatic carbocycles. The fraction of sp³-hybridized carbons (Fsp3) is 0.278. The summed E-state index contributed by atoms with van der Waals surface area (Å²) >= 11 is 3.30. The molecule has 1 aromatic heterocycles. The van der Waals surface area contributed by atoms with Gasteiger partial charge in [-0.3, -0.25) is 25.2 Å². The molecule has 3 N–H and O–H groups in total. The standard InChI is InChI=1S/C18H20BrN3O3/c1-4-5-14-15(11(3)23)10(2)20-16(14)18(25)22-21-17(24)12-6-8-13(19)9-7-12/h6-9,20H,4-5H2,1-3H3,(H,21,24)(H,22,25). The van der Waals surface area contributed by atoms with Gasteiger partial charge in [0.2, 0.25) is 0 Å². The van der Waals surface area contributed by atoms with Crippen LogP contribution in [0.1, 0.15) is 62.7 Å². The predicted octanol–water partition coefficient (Wildman–Crippen LogP) is 3.32. The van der Waals surface area contributed by atoms with E-state index in [2.05, 4.69) is 31.8 Å². The molecule has 2 rings (SSSR count). The Kier molecular flexibility index (Phi) is 6.14. The van der Waals surface area contributed by atoms with Gasteiger partial charge in [0, 0.05) is 21.3 Å². The lowest BCUT2D eigenvalue weighted by atomic mass is 10.0. The molecule has 1 heterocycles. The molecule has 0 saturated heterocycles. The van der Waals surface area contributed by atoms with E-state index < -0.39 is 11.8 Å². The third-order valence-electron chi connectivity index (χ3n) is 3.77. The van der Waals surface area contributed by atoms with E-state index in [1.165, 1.54) is 6.92 Å². The zero-order valence-electron chi connectivity index (χ0n) is 14.3. The van der Waals surface area contributed by atoms with Gasteiger partial charge in [0.15, 0.2) is 5.78 Å². The maximum Gasteiger partial charge on any atom is 0.286 e. The first-order chi connectivity index (χ1) is 11.8. The highest BCUT2D eigenvalue weighted by Gasteiger charge is 2.22. The lowest BCUT2D eigenvalue weighted by molar-refractivity contribution is 0.0843. The number of benzene rings is 1. The Bertz CT molecular complexity index is 810. The molecule has 2 amide bonds. The highest BCUT2D eigenvalue weighted by molar-refractivity contribution is 9.10. The van der Waals surface area contributed by atoms with Crippen LogP contribution in [0.4, 0.5) is 0 Å². The van der Waals surface area contributed by atoms with E-state index in [9.17, 15) is 14.4 Å². The second-order valence-corrected chi connectivity index (χ2v) is 6.62. The molecule has 0 aliphatic carbocycles. The largest absolute Gasteiger partial charge is 0.354 e. The maximum atomic E-state index is 12.4. The Balaban J connectivity index is 2.15. The van der Waals surface area contributed by atoms with Crippen molar-refractivity contribution in [1.82, 2.24) is 15.8 Å². The van der Waals surface area contributed by atoms with Gasteiger partial charge in [-0.1, -0.05) is 29.3 Å². The molecule has 0 aliphatic rings. The van der Waals surface area contributed by atoms with E-state index in [-0.39, 0.29) is 5.78 Å². The summed E-state index contributed by atoms with van der Waals surface area (Å²) in [4.78, 5) is 39.3.